The standard InChI is InChI=1S/C24H21NO4S/c1-15(2)29-18-11-6-8-16(14-18)22(26)20-21(19-12-7-13-30-19)25(24(28)23(20)27)17-9-4-3-5-10-17/h3-15,21,26H,1-2H3/b22-20-. The molecule has 0 aliphatic carbocycles. The molecule has 1 fully saturated rings. The van der Waals surface area contributed by atoms with Crippen molar-refractivity contribution in [2.24, 2.45) is 0 Å². The van der Waals surface area contributed by atoms with Crippen LogP contribution in [0.2, 0.25) is 0 Å². The Hall–Kier alpha value is -3.38. The molecule has 6 heteroatoms. The molecule has 1 aliphatic heterocycles. The van der Waals surface area contributed by atoms with E-state index in [-0.39, 0.29) is 17.4 Å². The number of ether oxygens (including phenoxy) is 1. The summed E-state index contributed by atoms with van der Waals surface area (Å²) in [6, 6.07) is 19.0. The average Bonchev–Trinajstić information content (AvgIpc) is 3.35. The first-order chi connectivity index (χ1) is 14.5. The van der Waals surface area contributed by atoms with E-state index in [0.29, 0.717) is 17.0 Å². The van der Waals surface area contributed by atoms with Gasteiger partial charge in [-0.1, -0.05) is 36.4 Å². The van der Waals surface area contributed by atoms with Crippen molar-refractivity contribution < 1.29 is 19.4 Å². The molecule has 152 valence electrons. The Morgan fingerprint density at radius 2 is 1.80 bits per heavy atom. The number of ketones is 1. The number of nitrogens with zero attached hydrogens (tertiary/aromatic N) is 1. The highest BCUT2D eigenvalue weighted by Gasteiger charge is 2.47. The largest absolute Gasteiger partial charge is 0.507 e. The van der Waals surface area contributed by atoms with Crippen molar-refractivity contribution in [3.63, 3.8) is 0 Å². The molecular formula is C24H21NO4S. The molecule has 1 N–H and O–H groups in total. The van der Waals surface area contributed by atoms with Crippen LogP contribution in [0.5, 0.6) is 5.75 Å². The third-order valence-electron chi connectivity index (χ3n) is 4.77. The summed E-state index contributed by atoms with van der Waals surface area (Å²) in [5.41, 5.74) is 1.11. The van der Waals surface area contributed by atoms with Crippen molar-refractivity contribution in [2.75, 3.05) is 4.90 Å². The quantitative estimate of drug-likeness (QED) is 0.352. The van der Waals surface area contributed by atoms with Crippen LogP contribution in [-0.2, 0) is 9.59 Å². The first kappa shape index (κ1) is 19.9. The van der Waals surface area contributed by atoms with Crippen LogP contribution in [0.1, 0.15) is 30.3 Å². The first-order valence-corrected chi connectivity index (χ1v) is 10.5. The summed E-state index contributed by atoms with van der Waals surface area (Å²) in [4.78, 5) is 28.3. The van der Waals surface area contributed by atoms with Gasteiger partial charge in [-0.2, -0.15) is 0 Å². The monoisotopic (exact) mass is 419 g/mol. The summed E-state index contributed by atoms with van der Waals surface area (Å²) in [5.74, 6) is -0.987. The van der Waals surface area contributed by atoms with Gasteiger partial charge in [-0.15, -0.1) is 11.3 Å². The van der Waals surface area contributed by atoms with Gasteiger partial charge < -0.3 is 9.84 Å². The number of rotatable bonds is 5. The lowest BCUT2D eigenvalue weighted by Gasteiger charge is -2.24. The fourth-order valence-corrected chi connectivity index (χ4v) is 4.37. The van der Waals surface area contributed by atoms with E-state index in [1.807, 2.05) is 49.6 Å². The molecule has 1 atom stereocenters. The summed E-state index contributed by atoms with van der Waals surface area (Å²) in [6.07, 6.45) is -0.0304. The zero-order chi connectivity index (χ0) is 21.3. The lowest BCUT2D eigenvalue weighted by Crippen LogP contribution is -2.29. The van der Waals surface area contributed by atoms with Gasteiger partial charge in [0.05, 0.1) is 11.7 Å². The molecular weight excluding hydrogens is 398 g/mol. The topological polar surface area (TPSA) is 66.8 Å². The fraction of sp³-hybridized carbons (Fsp3) is 0.167. The van der Waals surface area contributed by atoms with Crippen molar-refractivity contribution in [1.82, 2.24) is 0 Å². The van der Waals surface area contributed by atoms with E-state index in [1.165, 1.54) is 16.2 Å². The number of carbonyl (C=O) groups is 2. The Morgan fingerprint density at radius 1 is 1.03 bits per heavy atom. The number of carbonyl (C=O) groups excluding carboxylic acids is 2. The van der Waals surface area contributed by atoms with Crippen LogP contribution in [0.15, 0.2) is 77.7 Å². The predicted octanol–water partition coefficient (Wildman–Crippen LogP) is 5.16. The number of thiophene rings is 1. The number of aliphatic hydroxyl groups excluding tert-OH is 1. The van der Waals surface area contributed by atoms with E-state index in [0.717, 1.165) is 4.88 Å². The second-order valence-corrected chi connectivity index (χ2v) is 8.19. The van der Waals surface area contributed by atoms with Crippen LogP contribution >= 0.6 is 11.3 Å². The minimum atomic E-state index is -0.704. The Balaban J connectivity index is 1.87. The van der Waals surface area contributed by atoms with Crippen molar-refractivity contribution in [2.45, 2.75) is 26.0 Å². The number of benzene rings is 2. The van der Waals surface area contributed by atoms with E-state index >= 15 is 0 Å². The third-order valence-corrected chi connectivity index (χ3v) is 5.70. The second kappa shape index (κ2) is 8.16. The van der Waals surface area contributed by atoms with Crippen molar-refractivity contribution in [3.8, 4) is 5.75 Å². The molecule has 1 unspecified atom stereocenters. The number of para-hydroxylation sites is 1. The molecule has 0 spiro atoms. The highest BCUT2D eigenvalue weighted by Crippen LogP contribution is 2.43. The molecule has 1 amide bonds. The van der Waals surface area contributed by atoms with Crippen LogP contribution < -0.4 is 9.64 Å². The molecule has 1 saturated heterocycles. The zero-order valence-electron chi connectivity index (χ0n) is 16.6. The highest BCUT2D eigenvalue weighted by molar-refractivity contribution is 7.10. The molecule has 3 aromatic rings. The Labute approximate surface area is 178 Å². The van der Waals surface area contributed by atoms with Gasteiger partial charge >= 0.3 is 0 Å². The van der Waals surface area contributed by atoms with Gasteiger partial charge in [0.2, 0.25) is 0 Å². The van der Waals surface area contributed by atoms with E-state index < -0.39 is 17.7 Å². The van der Waals surface area contributed by atoms with Crippen LogP contribution in [0.25, 0.3) is 5.76 Å². The number of anilines is 1. The lowest BCUT2D eigenvalue weighted by molar-refractivity contribution is -0.132. The van der Waals surface area contributed by atoms with Crippen molar-refractivity contribution in [1.29, 1.82) is 0 Å². The molecule has 2 aromatic carbocycles. The Kier molecular flexibility index (Phi) is 5.42. The first-order valence-electron chi connectivity index (χ1n) is 9.64. The third kappa shape index (κ3) is 3.62. The SMILES string of the molecule is CC(C)Oc1cccc(/C(O)=C2/C(=O)C(=O)N(c3ccccc3)C2c2cccs2)c1. The summed E-state index contributed by atoms with van der Waals surface area (Å²) >= 11 is 1.43. The number of hydrogen-bond donors (Lipinski definition) is 1. The van der Waals surface area contributed by atoms with Gasteiger partial charge in [0.1, 0.15) is 17.6 Å². The van der Waals surface area contributed by atoms with Crippen molar-refractivity contribution >= 4 is 34.5 Å². The molecule has 1 aliphatic rings. The maximum absolute atomic E-state index is 13.0. The molecule has 0 radical (unpaired) electrons. The molecule has 30 heavy (non-hydrogen) atoms. The minimum Gasteiger partial charge on any atom is -0.507 e. The average molecular weight is 420 g/mol. The molecule has 1 aromatic heterocycles. The summed E-state index contributed by atoms with van der Waals surface area (Å²) < 4.78 is 5.71. The van der Waals surface area contributed by atoms with E-state index in [9.17, 15) is 14.7 Å². The van der Waals surface area contributed by atoms with E-state index in [1.54, 1.807) is 36.4 Å². The molecule has 4 rings (SSSR count). The summed E-state index contributed by atoms with van der Waals surface area (Å²) in [7, 11) is 0. The number of Topliss-reactive ketones (excluding diaryl/α,β-unsaturated/α-hetero) is 1. The normalized spacial score (nSPS) is 18.2. The maximum Gasteiger partial charge on any atom is 0.300 e. The molecule has 2 heterocycles. The van der Waals surface area contributed by atoms with Gasteiger partial charge in [-0.3, -0.25) is 14.5 Å². The number of hydrogen-bond acceptors (Lipinski definition) is 5. The number of aliphatic hydroxyl groups is 1. The fourth-order valence-electron chi connectivity index (χ4n) is 3.55. The van der Waals surface area contributed by atoms with Crippen LogP contribution in [0, 0.1) is 0 Å². The minimum absolute atomic E-state index is 0.0304. The predicted molar refractivity (Wildman–Crippen MR) is 118 cm³/mol. The maximum atomic E-state index is 13.0. The van der Waals surface area contributed by atoms with Gasteiger partial charge in [0, 0.05) is 16.1 Å². The van der Waals surface area contributed by atoms with Gasteiger partial charge in [0.15, 0.2) is 0 Å². The van der Waals surface area contributed by atoms with E-state index in [2.05, 4.69) is 0 Å². The van der Waals surface area contributed by atoms with Gasteiger partial charge in [-0.25, -0.2) is 0 Å². The van der Waals surface area contributed by atoms with Crippen LogP contribution in [-0.4, -0.2) is 22.9 Å². The van der Waals surface area contributed by atoms with Gasteiger partial charge in [0.25, 0.3) is 11.7 Å². The van der Waals surface area contributed by atoms with Gasteiger partial charge in [-0.05, 0) is 49.6 Å². The lowest BCUT2D eigenvalue weighted by atomic mass is 9.99. The van der Waals surface area contributed by atoms with Crippen LogP contribution in [0.3, 0.4) is 0 Å². The Bertz CT molecular complexity index is 1100. The van der Waals surface area contributed by atoms with E-state index in [4.69, 9.17) is 4.74 Å². The molecule has 5 nitrogen and oxygen atoms in total. The van der Waals surface area contributed by atoms with Crippen LogP contribution in [0.4, 0.5) is 5.69 Å². The second-order valence-electron chi connectivity index (χ2n) is 7.21. The Morgan fingerprint density at radius 3 is 2.47 bits per heavy atom. The molecule has 0 bridgehead atoms. The zero-order valence-corrected chi connectivity index (χ0v) is 17.4. The summed E-state index contributed by atoms with van der Waals surface area (Å²) in [5, 5.41) is 13.0. The number of amides is 1. The highest BCUT2D eigenvalue weighted by atomic mass is 32.1. The smallest absolute Gasteiger partial charge is 0.300 e. The molecule has 0 saturated carbocycles. The van der Waals surface area contributed by atoms with Crippen molar-refractivity contribution in [3.05, 3.63) is 88.1 Å². The summed E-state index contributed by atoms with van der Waals surface area (Å²) in [6.45, 7) is 3.82.